The molecule has 1 N–H and O–H groups in total. The average Bonchev–Trinajstić information content (AvgIpc) is 2.85. The summed E-state index contributed by atoms with van der Waals surface area (Å²) in [4.78, 5) is 14.1. The molecule has 0 bridgehead atoms. The van der Waals surface area contributed by atoms with Crippen molar-refractivity contribution in [3.8, 4) is 5.75 Å². The van der Waals surface area contributed by atoms with Crippen molar-refractivity contribution in [1.29, 1.82) is 0 Å². The molecule has 128 valence electrons. The molecule has 0 spiro atoms. The Hall–Kier alpha value is -1.60. The molecule has 23 heavy (non-hydrogen) atoms. The second-order valence-electron chi connectivity index (χ2n) is 6.04. The summed E-state index contributed by atoms with van der Waals surface area (Å²) in [5.41, 5.74) is 1.69. The number of aryl methyl sites for hydroxylation is 1. The molecular weight excluding hydrogens is 316 g/mol. The van der Waals surface area contributed by atoms with Crippen LogP contribution in [0.2, 0.25) is 0 Å². The van der Waals surface area contributed by atoms with Gasteiger partial charge in [-0.25, -0.2) is 8.42 Å². The third-order valence-electron chi connectivity index (χ3n) is 4.15. The zero-order valence-electron chi connectivity index (χ0n) is 13.8. The SMILES string of the molecule is COc1ccc(C)cc1NC(=O)CCN(C)C1CCS(=O)(=O)C1. The fraction of sp³-hybridized carbons (Fsp3) is 0.562. The first kappa shape index (κ1) is 17.7. The smallest absolute Gasteiger partial charge is 0.225 e. The molecule has 2 rings (SSSR count). The van der Waals surface area contributed by atoms with Gasteiger partial charge in [0.25, 0.3) is 0 Å². The number of nitrogens with zero attached hydrogens (tertiary/aromatic N) is 1. The quantitative estimate of drug-likeness (QED) is 0.848. The van der Waals surface area contributed by atoms with Gasteiger partial charge < -0.3 is 15.0 Å². The number of nitrogens with one attached hydrogen (secondary N) is 1. The van der Waals surface area contributed by atoms with Gasteiger partial charge in [-0.1, -0.05) is 6.07 Å². The summed E-state index contributed by atoms with van der Waals surface area (Å²) in [5, 5.41) is 2.86. The fourth-order valence-electron chi connectivity index (χ4n) is 2.72. The van der Waals surface area contributed by atoms with Gasteiger partial charge in [0.1, 0.15) is 5.75 Å². The number of methoxy groups -OCH3 is 1. The van der Waals surface area contributed by atoms with Crippen LogP contribution in [0.15, 0.2) is 18.2 Å². The van der Waals surface area contributed by atoms with E-state index in [-0.39, 0.29) is 23.5 Å². The highest BCUT2D eigenvalue weighted by Gasteiger charge is 2.30. The van der Waals surface area contributed by atoms with Crippen molar-refractivity contribution < 1.29 is 17.9 Å². The van der Waals surface area contributed by atoms with Gasteiger partial charge >= 0.3 is 0 Å². The second kappa shape index (κ2) is 7.31. The number of anilines is 1. The monoisotopic (exact) mass is 340 g/mol. The van der Waals surface area contributed by atoms with Gasteiger partial charge in [-0.05, 0) is 38.1 Å². The first-order valence-corrected chi connectivity index (χ1v) is 9.48. The Kier molecular flexibility index (Phi) is 5.64. The molecule has 0 aliphatic carbocycles. The lowest BCUT2D eigenvalue weighted by molar-refractivity contribution is -0.116. The molecule has 1 saturated heterocycles. The number of ether oxygens (including phenoxy) is 1. The molecule has 1 aliphatic heterocycles. The minimum Gasteiger partial charge on any atom is -0.495 e. The Morgan fingerprint density at radius 3 is 2.78 bits per heavy atom. The van der Waals surface area contributed by atoms with Crippen molar-refractivity contribution in [2.45, 2.75) is 25.8 Å². The molecular formula is C16H24N2O4S. The average molecular weight is 340 g/mol. The Labute approximate surface area is 137 Å². The molecule has 6 nitrogen and oxygen atoms in total. The summed E-state index contributed by atoms with van der Waals surface area (Å²) in [7, 11) is 0.531. The maximum atomic E-state index is 12.1. The number of hydrogen-bond acceptors (Lipinski definition) is 5. The molecule has 1 fully saturated rings. The Bertz CT molecular complexity index is 673. The minimum absolute atomic E-state index is 0.0151. The largest absolute Gasteiger partial charge is 0.495 e. The maximum Gasteiger partial charge on any atom is 0.225 e. The van der Waals surface area contributed by atoms with Crippen molar-refractivity contribution in [3.05, 3.63) is 23.8 Å². The summed E-state index contributed by atoms with van der Waals surface area (Å²) in [6.45, 7) is 2.48. The van der Waals surface area contributed by atoms with Crippen molar-refractivity contribution in [2.24, 2.45) is 0 Å². The normalized spacial score (nSPS) is 19.7. The Morgan fingerprint density at radius 2 is 2.17 bits per heavy atom. The highest BCUT2D eigenvalue weighted by atomic mass is 32.2. The lowest BCUT2D eigenvalue weighted by Gasteiger charge is -2.22. The predicted octanol–water partition coefficient (Wildman–Crippen LogP) is 1.45. The molecule has 1 atom stereocenters. The van der Waals surface area contributed by atoms with Gasteiger partial charge in [0.15, 0.2) is 9.84 Å². The van der Waals surface area contributed by atoms with Crippen molar-refractivity contribution >= 4 is 21.4 Å². The topological polar surface area (TPSA) is 75.7 Å². The van der Waals surface area contributed by atoms with Crippen LogP contribution in [0.1, 0.15) is 18.4 Å². The van der Waals surface area contributed by atoms with Gasteiger partial charge in [-0.15, -0.1) is 0 Å². The minimum atomic E-state index is -2.90. The maximum absolute atomic E-state index is 12.1. The van der Waals surface area contributed by atoms with E-state index >= 15 is 0 Å². The van der Waals surface area contributed by atoms with E-state index < -0.39 is 9.84 Å². The first-order chi connectivity index (χ1) is 10.8. The number of carbonyl (C=O) groups excluding carboxylic acids is 1. The zero-order valence-corrected chi connectivity index (χ0v) is 14.6. The van der Waals surface area contributed by atoms with E-state index in [4.69, 9.17) is 4.74 Å². The number of hydrogen-bond donors (Lipinski definition) is 1. The lowest BCUT2D eigenvalue weighted by atomic mass is 10.2. The first-order valence-electron chi connectivity index (χ1n) is 7.66. The molecule has 0 saturated carbocycles. The number of sulfone groups is 1. The highest BCUT2D eigenvalue weighted by molar-refractivity contribution is 7.91. The van der Waals surface area contributed by atoms with Crippen LogP contribution in [0.3, 0.4) is 0 Å². The molecule has 1 aromatic carbocycles. The molecule has 1 aromatic rings. The number of amides is 1. The number of rotatable bonds is 6. The molecule has 7 heteroatoms. The second-order valence-corrected chi connectivity index (χ2v) is 8.27. The van der Waals surface area contributed by atoms with E-state index in [1.54, 1.807) is 7.11 Å². The number of benzene rings is 1. The molecule has 1 amide bonds. The lowest BCUT2D eigenvalue weighted by Crippen LogP contribution is -2.35. The summed E-state index contributed by atoms with van der Waals surface area (Å²) < 4.78 is 28.3. The highest BCUT2D eigenvalue weighted by Crippen LogP contribution is 2.25. The zero-order chi connectivity index (χ0) is 17.0. The van der Waals surface area contributed by atoms with E-state index in [9.17, 15) is 13.2 Å². The summed E-state index contributed by atoms with van der Waals surface area (Å²) in [6, 6.07) is 5.62. The third kappa shape index (κ3) is 4.94. The molecule has 1 aliphatic rings. The van der Waals surface area contributed by atoms with E-state index in [1.807, 2.05) is 37.1 Å². The predicted molar refractivity (Wildman–Crippen MR) is 90.7 cm³/mol. The Balaban J connectivity index is 1.87. The van der Waals surface area contributed by atoms with Crippen LogP contribution in [0.4, 0.5) is 5.69 Å². The number of carbonyl (C=O) groups is 1. The molecule has 0 aromatic heterocycles. The van der Waals surface area contributed by atoms with E-state index in [0.717, 1.165) is 5.56 Å². The van der Waals surface area contributed by atoms with Gasteiger partial charge in [-0.2, -0.15) is 0 Å². The van der Waals surface area contributed by atoms with Crippen LogP contribution < -0.4 is 10.1 Å². The van der Waals surface area contributed by atoms with Crippen molar-refractivity contribution in [3.63, 3.8) is 0 Å². The molecule has 1 unspecified atom stereocenters. The van der Waals surface area contributed by atoms with Crippen molar-refractivity contribution in [2.75, 3.05) is 37.5 Å². The van der Waals surface area contributed by atoms with Crippen LogP contribution in [0.25, 0.3) is 0 Å². The summed E-state index contributed by atoms with van der Waals surface area (Å²) in [5.74, 6) is 0.951. The van der Waals surface area contributed by atoms with Crippen LogP contribution >= 0.6 is 0 Å². The van der Waals surface area contributed by atoms with E-state index in [0.29, 0.717) is 30.8 Å². The van der Waals surface area contributed by atoms with Crippen LogP contribution in [-0.2, 0) is 14.6 Å². The van der Waals surface area contributed by atoms with Crippen LogP contribution in [0, 0.1) is 6.92 Å². The van der Waals surface area contributed by atoms with Gasteiger partial charge in [-0.3, -0.25) is 4.79 Å². The molecule has 1 heterocycles. The standard InChI is InChI=1S/C16H24N2O4S/c1-12-4-5-15(22-3)14(10-12)17-16(19)6-8-18(2)13-7-9-23(20,21)11-13/h4-5,10,13H,6-9,11H2,1-3H3,(H,17,19). The van der Waals surface area contributed by atoms with Crippen LogP contribution in [0.5, 0.6) is 5.75 Å². The molecule has 0 radical (unpaired) electrons. The van der Waals surface area contributed by atoms with Crippen LogP contribution in [-0.4, -0.2) is 57.5 Å². The van der Waals surface area contributed by atoms with Gasteiger partial charge in [0, 0.05) is 19.0 Å². The third-order valence-corrected chi connectivity index (χ3v) is 5.90. The fourth-order valence-corrected chi connectivity index (χ4v) is 4.52. The van der Waals surface area contributed by atoms with Gasteiger partial charge in [0.2, 0.25) is 5.91 Å². The van der Waals surface area contributed by atoms with Gasteiger partial charge in [0.05, 0.1) is 24.3 Å². The Morgan fingerprint density at radius 1 is 1.43 bits per heavy atom. The summed E-state index contributed by atoms with van der Waals surface area (Å²) in [6.07, 6.45) is 0.955. The van der Waals surface area contributed by atoms with E-state index in [1.165, 1.54) is 0 Å². The summed E-state index contributed by atoms with van der Waals surface area (Å²) >= 11 is 0. The van der Waals surface area contributed by atoms with E-state index in [2.05, 4.69) is 5.32 Å². The van der Waals surface area contributed by atoms with Crippen molar-refractivity contribution in [1.82, 2.24) is 4.90 Å².